The maximum atomic E-state index is 14.8. The van der Waals surface area contributed by atoms with Gasteiger partial charge in [-0.2, -0.15) is 8.42 Å². The molecular formula is C51H79O12PS2. The fraction of sp³-hybridized carbons (Fsp3) is 0.686. The molecule has 0 aliphatic carbocycles. The first kappa shape index (κ1) is 54.9. The van der Waals surface area contributed by atoms with E-state index in [-0.39, 0.29) is 64.5 Å². The van der Waals surface area contributed by atoms with Crippen molar-refractivity contribution in [3.63, 3.8) is 0 Å². The Hall–Kier alpha value is -2.07. The second kappa shape index (κ2) is 23.7. The lowest BCUT2D eigenvalue weighted by Crippen LogP contribution is -2.37. The van der Waals surface area contributed by atoms with Gasteiger partial charge in [0.2, 0.25) is 0 Å². The Bertz CT molecular complexity index is 2110. The molecule has 11 atom stereocenters. The van der Waals surface area contributed by atoms with E-state index in [0.29, 0.717) is 38.0 Å². The molecule has 372 valence electrons. The van der Waals surface area contributed by atoms with Crippen LogP contribution >= 0.6 is 9.47 Å². The molecule has 3 heterocycles. The minimum atomic E-state index is -4.31. The minimum absolute atomic E-state index is 0.00811. The Morgan fingerprint density at radius 1 is 0.924 bits per heavy atom. The van der Waals surface area contributed by atoms with Crippen LogP contribution in [0.25, 0.3) is 0 Å². The summed E-state index contributed by atoms with van der Waals surface area (Å²) in [4.78, 5) is 0.418. The van der Waals surface area contributed by atoms with Gasteiger partial charge in [-0.05, 0) is 116 Å². The summed E-state index contributed by atoms with van der Waals surface area (Å²) in [7, 11) is -4.27. The fourth-order valence-electron chi connectivity index (χ4n) is 9.79. The van der Waals surface area contributed by atoms with Crippen LogP contribution in [-0.4, -0.2) is 103 Å². The van der Waals surface area contributed by atoms with Gasteiger partial charge >= 0.3 is 0 Å². The number of hydrogen-bond acceptors (Lipinski definition) is 12. The largest absolute Gasteiger partial charge is 0.389 e. The predicted molar refractivity (Wildman–Crippen MR) is 262 cm³/mol. The molecule has 3 fully saturated rings. The SMILES string of the molecule is C=C1C[C@H](CCCOP)OC1CC[C@H](C[C@@H](C)C(=C)[C@H](O)CC1O[C@H](C[C@H]2COC(C)(C)O2)[C@H](OC)[C@H]1CS(=O)(=O)c1ccccc1)OS(=O)(=O)c1c(C(C)C)cc(C(C)C)cc1C(C)C. The maximum absolute atomic E-state index is 14.8. The summed E-state index contributed by atoms with van der Waals surface area (Å²) < 4.78 is 100. The van der Waals surface area contributed by atoms with E-state index in [9.17, 15) is 21.9 Å². The number of aliphatic hydroxyl groups is 1. The first-order valence-electron chi connectivity index (χ1n) is 23.9. The lowest BCUT2D eigenvalue weighted by molar-refractivity contribution is -0.144. The average Bonchev–Trinajstić information content (AvgIpc) is 3.90. The van der Waals surface area contributed by atoms with Gasteiger partial charge in [0.05, 0.1) is 72.7 Å². The lowest BCUT2D eigenvalue weighted by Gasteiger charge is -2.29. The van der Waals surface area contributed by atoms with Gasteiger partial charge < -0.3 is 33.3 Å². The van der Waals surface area contributed by atoms with E-state index in [4.69, 9.17) is 32.4 Å². The molecular weight excluding hydrogens is 900 g/mol. The van der Waals surface area contributed by atoms with Gasteiger partial charge in [-0.25, -0.2) is 8.42 Å². The number of aliphatic hydroxyl groups excluding tert-OH is 1. The van der Waals surface area contributed by atoms with Gasteiger partial charge in [0, 0.05) is 35.3 Å². The molecule has 15 heteroatoms. The van der Waals surface area contributed by atoms with E-state index >= 15 is 0 Å². The van der Waals surface area contributed by atoms with Crippen LogP contribution in [0.3, 0.4) is 0 Å². The molecule has 12 nitrogen and oxygen atoms in total. The zero-order chi connectivity index (χ0) is 48.7. The molecule has 1 N–H and O–H groups in total. The molecule has 3 aliphatic rings. The van der Waals surface area contributed by atoms with E-state index in [0.717, 1.165) is 41.5 Å². The van der Waals surface area contributed by atoms with Crippen molar-refractivity contribution < 1.29 is 54.3 Å². The predicted octanol–water partition coefficient (Wildman–Crippen LogP) is 9.96. The van der Waals surface area contributed by atoms with Crippen molar-refractivity contribution in [3.05, 3.63) is 83.5 Å². The fourth-order valence-corrected chi connectivity index (χ4v) is 13.4. The van der Waals surface area contributed by atoms with Crippen LogP contribution < -0.4 is 0 Å². The van der Waals surface area contributed by atoms with Crippen molar-refractivity contribution in [2.24, 2.45) is 11.8 Å². The summed E-state index contributed by atoms with van der Waals surface area (Å²) in [5, 5.41) is 12.0. The Morgan fingerprint density at radius 2 is 1.58 bits per heavy atom. The molecule has 3 aliphatic heterocycles. The highest BCUT2D eigenvalue weighted by Crippen LogP contribution is 2.41. The number of rotatable bonds is 25. The van der Waals surface area contributed by atoms with Crippen molar-refractivity contribution in [1.82, 2.24) is 0 Å². The summed E-state index contributed by atoms with van der Waals surface area (Å²) in [6.45, 7) is 27.5. The van der Waals surface area contributed by atoms with Crippen LogP contribution in [0.4, 0.5) is 0 Å². The third-order valence-corrected chi connectivity index (χ3v) is 17.1. The number of ether oxygens (including phenoxy) is 5. The Morgan fingerprint density at radius 3 is 2.14 bits per heavy atom. The van der Waals surface area contributed by atoms with E-state index in [1.165, 1.54) is 0 Å². The van der Waals surface area contributed by atoms with Gasteiger partial charge in [0.25, 0.3) is 10.1 Å². The first-order chi connectivity index (χ1) is 31.0. The van der Waals surface area contributed by atoms with E-state index < -0.39 is 68.1 Å². The summed E-state index contributed by atoms with van der Waals surface area (Å²) in [5.74, 6) is -2.05. The quantitative estimate of drug-likeness (QED) is 0.0436. The van der Waals surface area contributed by atoms with Crippen LogP contribution in [0.5, 0.6) is 0 Å². The summed E-state index contributed by atoms with van der Waals surface area (Å²) >= 11 is 0. The highest BCUT2D eigenvalue weighted by atomic mass is 32.2. The summed E-state index contributed by atoms with van der Waals surface area (Å²) in [6, 6.07) is 12.3. The van der Waals surface area contributed by atoms with Crippen molar-refractivity contribution in [3.8, 4) is 0 Å². The van der Waals surface area contributed by atoms with Gasteiger partial charge in [0.15, 0.2) is 15.6 Å². The summed E-state index contributed by atoms with van der Waals surface area (Å²) in [6.07, 6.45) is -0.424. The molecule has 2 aromatic rings. The molecule has 0 radical (unpaired) electrons. The zero-order valence-electron chi connectivity index (χ0n) is 41.1. The summed E-state index contributed by atoms with van der Waals surface area (Å²) in [5.41, 5.74) is 3.96. The third kappa shape index (κ3) is 14.3. The van der Waals surface area contributed by atoms with Crippen molar-refractivity contribution in [2.45, 2.75) is 196 Å². The minimum Gasteiger partial charge on any atom is -0.389 e. The van der Waals surface area contributed by atoms with E-state index in [1.54, 1.807) is 37.4 Å². The van der Waals surface area contributed by atoms with Crippen LogP contribution in [0.2, 0.25) is 0 Å². The van der Waals surface area contributed by atoms with Gasteiger partial charge in [-0.1, -0.05) is 92.0 Å². The highest BCUT2D eigenvalue weighted by molar-refractivity contribution is 7.91. The zero-order valence-corrected chi connectivity index (χ0v) is 43.9. The van der Waals surface area contributed by atoms with Crippen LogP contribution in [0.1, 0.15) is 148 Å². The molecule has 66 heavy (non-hydrogen) atoms. The van der Waals surface area contributed by atoms with Crippen LogP contribution in [-0.2, 0) is 52.3 Å². The van der Waals surface area contributed by atoms with Crippen molar-refractivity contribution in [2.75, 3.05) is 26.1 Å². The number of hydrogen-bond donors (Lipinski definition) is 1. The van der Waals surface area contributed by atoms with E-state index in [2.05, 4.69) is 36.5 Å². The van der Waals surface area contributed by atoms with Crippen molar-refractivity contribution in [1.29, 1.82) is 0 Å². The molecule has 2 aromatic carbocycles. The molecule has 0 spiro atoms. The highest BCUT2D eigenvalue weighted by Gasteiger charge is 2.49. The second-order valence-corrected chi connectivity index (χ2v) is 24.1. The van der Waals surface area contributed by atoms with Crippen molar-refractivity contribution >= 4 is 29.4 Å². The number of methoxy groups -OCH3 is 1. The Labute approximate surface area is 399 Å². The Balaban J connectivity index is 1.40. The molecule has 5 rings (SSSR count). The molecule has 0 bridgehead atoms. The van der Waals surface area contributed by atoms with E-state index in [1.807, 2.05) is 60.6 Å². The maximum Gasteiger partial charge on any atom is 0.297 e. The average molecular weight is 979 g/mol. The monoisotopic (exact) mass is 978 g/mol. The molecule has 3 unspecified atom stereocenters. The third-order valence-electron chi connectivity index (χ3n) is 13.5. The van der Waals surface area contributed by atoms with Gasteiger partial charge in [0.1, 0.15) is 4.90 Å². The molecule has 3 saturated heterocycles. The van der Waals surface area contributed by atoms with Crippen LogP contribution in [0.15, 0.2) is 76.6 Å². The normalized spacial score (nSPS) is 26.2. The number of benzene rings is 2. The topological polar surface area (TPSA) is 153 Å². The molecule has 0 amide bonds. The van der Waals surface area contributed by atoms with Gasteiger partial charge in [-0.3, -0.25) is 4.18 Å². The lowest BCUT2D eigenvalue weighted by atomic mass is 9.86. The van der Waals surface area contributed by atoms with Gasteiger partial charge in [-0.15, -0.1) is 0 Å². The first-order valence-corrected chi connectivity index (χ1v) is 27.4. The Kier molecular flexibility index (Phi) is 19.7. The van der Waals surface area contributed by atoms with Crippen LogP contribution in [0, 0.1) is 11.8 Å². The smallest absolute Gasteiger partial charge is 0.297 e. The molecule has 0 aromatic heterocycles. The second-order valence-electron chi connectivity index (χ2n) is 20.2. The number of sulfone groups is 1. The molecule has 0 saturated carbocycles. The standard InChI is InChI=1S/C51H79O12PS2/c1-31(2)37-25-42(32(3)4)50(43(26-37)33(5)6)66(55,56)63-39(20-21-46-35(8)24-38(60-46)17-16-22-59-64)23-34(7)36(9)45(52)28-47-44(30-65(53,54)41-18-14-13-15-19-41)49(57-12)48(61-47)27-40-29-58-51(10,11)62-40/h13-15,18-19,25-26,31-34,38-40,44-49,52H,8-9,16-17,20-24,27-30,64H2,1-7,10-12H3/t34-,38+,39-,40+,44+,45-,46?,47?,48-,49-/m1/s1.